The number of aromatic nitrogens is 1. The minimum Gasteiger partial charge on any atom is -0.493 e. The van der Waals surface area contributed by atoms with Gasteiger partial charge in [-0.05, 0) is 30.3 Å². The van der Waals surface area contributed by atoms with Gasteiger partial charge in [0, 0.05) is 29.4 Å². The molecule has 1 aromatic heterocycles. The van der Waals surface area contributed by atoms with Crippen molar-refractivity contribution in [1.82, 2.24) is 9.88 Å². The smallest absolute Gasteiger partial charge is 0.207 e. The van der Waals surface area contributed by atoms with E-state index >= 15 is 0 Å². The second-order valence-electron chi connectivity index (χ2n) is 13.0. The zero-order chi connectivity index (χ0) is 37.0. The molecule has 4 aromatic rings. The van der Waals surface area contributed by atoms with Crippen LogP contribution in [-0.4, -0.2) is 165 Å². The molecule has 2 saturated heterocycles. The summed E-state index contributed by atoms with van der Waals surface area (Å²) in [5.41, 5.74) is 1.81. The second-order valence-corrected chi connectivity index (χ2v) is 13.0. The SMILES string of the molecule is COc1ccccc1OCCN(C[C@H](O)COc1cccc2[nH]c3ccccc3c12)C[C@]1(O)OC[C@@H](O)[C@@H](O[C@@H]2O[C@H](CO)[C@H](O)[C@H](O)[C@H]2O)[C@@H]1O. The lowest BCUT2D eigenvalue weighted by Crippen LogP contribution is -2.68. The lowest BCUT2D eigenvalue weighted by Gasteiger charge is -2.47. The molecule has 2 aliphatic heterocycles. The summed E-state index contributed by atoms with van der Waals surface area (Å²) in [5, 5.41) is 87.2. The van der Waals surface area contributed by atoms with Gasteiger partial charge in [0.2, 0.25) is 5.79 Å². The highest BCUT2D eigenvalue weighted by atomic mass is 16.7. The molecule has 0 spiro atoms. The molecule has 3 heterocycles. The topological polar surface area (TPSA) is 236 Å². The van der Waals surface area contributed by atoms with E-state index in [1.54, 1.807) is 29.2 Å². The normalized spacial score (nSPS) is 30.1. The van der Waals surface area contributed by atoms with Gasteiger partial charge >= 0.3 is 0 Å². The first-order valence-electron chi connectivity index (χ1n) is 17.0. The maximum Gasteiger partial charge on any atom is 0.207 e. The van der Waals surface area contributed by atoms with Gasteiger partial charge in [-0.25, -0.2) is 0 Å². The highest BCUT2D eigenvalue weighted by Gasteiger charge is 2.53. The van der Waals surface area contributed by atoms with Crippen LogP contribution in [0.25, 0.3) is 21.8 Å². The van der Waals surface area contributed by atoms with Crippen molar-refractivity contribution in [2.24, 2.45) is 0 Å². The average Bonchev–Trinajstić information content (AvgIpc) is 3.54. The molecule has 2 aliphatic rings. The van der Waals surface area contributed by atoms with Gasteiger partial charge in [-0.1, -0.05) is 36.4 Å². The summed E-state index contributed by atoms with van der Waals surface area (Å²) in [6, 6.07) is 20.4. The van der Waals surface area contributed by atoms with Crippen molar-refractivity contribution in [3.63, 3.8) is 0 Å². The standard InChI is InChI=1S/C36H46N2O14/c1-47-25-10-4-5-11-26(25)48-14-13-38(15-20(40)17-49-27-12-6-9-23-29(27)21-7-2-3-8-22(21)37-23)19-36(46)34(45)33(24(41)18-50-36)52-35-32(44)31(43)30(42)28(16-39)51-35/h2-12,20,24,28,30-35,37,39-46H,13-19H2,1H3/t20-,24+,28+,30-,31-,32+,33+,34-,35-,36-/m0/s1. The van der Waals surface area contributed by atoms with Crippen molar-refractivity contribution in [1.29, 1.82) is 0 Å². The molecule has 0 bridgehead atoms. The third-order valence-corrected chi connectivity index (χ3v) is 9.37. The zero-order valence-electron chi connectivity index (χ0n) is 28.5. The number of nitrogens with zero attached hydrogens (tertiary/aromatic N) is 1. The maximum atomic E-state index is 11.7. The zero-order valence-corrected chi connectivity index (χ0v) is 28.5. The van der Waals surface area contributed by atoms with E-state index in [0.29, 0.717) is 17.2 Å². The van der Waals surface area contributed by atoms with Crippen LogP contribution >= 0.6 is 0 Å². The van der Waals surface area contributed by atoms with E-state index < -0.39 is 80.7 Å². The summed E-state index contributed by atoms with van der Waals surface area (Å²) in [6.45, 7) is -1.71. The van der Waals surface area contributed by atoms with Crippen molar-refractivity contribution < 1.29 is 69.3 Å². The number of rotatable bonds is 15. The molecular weight excluding hydrogens is 684 g/mol. The van der Waals surface area contributed by atoms with Crippen LogP contribution in [0.1, 0.15) is 0 Å². The maximum absolute atomic E-state index is 11.7. The average molecular weight is 731 g/mol. The molecule has 284 valence electrons. The number of aliphatic hydroxyl groups excluding tert-OH is 7. The van der Waals surface area contributed by atoms with Crippen LogP contribution < -0.4 is 14.2 Å². The highest BCUT2D eigenvalue weighted by molar-refractivity contribution is 6.10. The number of aliphatic hydroxyl groups is 8. The van der Waals surface area contributed by atoms with Crippen LogP contribution in [0, 0.1) is 0 Å². The summed E-state index contributed by atoms with van der Waals surface area (Å²) < 4.78 is 34.0. The van der Waals surface area contributed by atoms with Gasteiger partial charge in [-0.3, -0.25) is 4.90 Å². The van der Waals surface area contributed by atoms with Crippen molar-refractivity contribution in [2.75, 3.05) is 53.2 Å². The lowest BCUT2D eigenvalue weighted by atomic mass is 9.95. The van der Waals surface area contributed by atoms with Crippen LogP contribution in [0.2, 0.25) is 0 Å². The number of para-hydroxylation sites is 3. The molecule has 0 unspecified atom stereocenters. The molecule has 16 heteroatoms. The van der Waals surface area contributed by atoms with Gasteiger partial charge in [0.05, 0.1) is 32.4 Å². The van der Waals surface area contributed by atoms with Crippen molar-refractivity contribution in [2.45, 2.75) is 60.9 Å². The van der Waals surface area contributed by atoms with Gasteiger partial charge in [0.1, 0.15) is 67.8 Å². The van der Waals surface area contributed by atoms with Gasteiger partial charge in [-0.2, -0.15) is 0 Å². The van der Waals surface area contributed by atoms with E-state index in [2.05, 4.69) is 4.98 Å². The predicted octanol–water partition coefficient (Wildman–Crippen LogP) is -0.924. The van der Waals surface area contributed by atoms with Gasteiger partial charge in [0.25, 0.3) is 0 Å². The summed E-state index contributed by atoms with van der Waals surface area (Å²) in [6.07, 6.45) is -14.4. The fraction of sp³-hybridized carbons (Fsp3) is 0.500. The quantitative estimate of drug-likeness (QED) is 0.0719. The monoisotopic (exact) mass is 730 g/mol. The van der Waals surface area contributed by atoms with E-state index in [1.165, 1.54) is 7.11 Å². The van der Waals surface area contributed by atoms with E-state index in [1.807, 2.05) is 42.5 Å². The molecule has 0 saturated carbocycles. The molecule has 2 fully saturated rings. The van der Waals surface area contributed by atoms with Crippen molar-refractivity contribution in [3.05, 3.63) is 66.7 Å². The molecule has 6 rings (SSSR count). The molecule has 9 N–H and O–H groups in total. The van der Waals surface area contributed by atoms with Gasteiger partial charge in [0.15, 0.2) is 17.8 Å². The Morgan fingerprint density at radius 3 is 2.37 bits per heavy atom. The molecule has 10 atom stereocenters. The Morgan fingerprint density at radius 1 is 0.885 bits per heavy atom. The number of ether oxygens (including phenoxy) is 6. The number of hydrogen-bond acceptors (Lipinski definition) is 15. The first kappa shape index (κ1) is 38.1. The Bertz CT molecular complexity index is 1760. The summed E-state index contributed by atoms with van der Waals surface area (Å²) >= 11 is 0. The van der Waals surface area contributed by atoms with Crippen LogP contribution in [0.5, 0.6) is 17.2 Å². The molecule has 16 nitrogen and oxygen atoms in total. The number of hydrogen-bond donors (Lipinski definition) is 9. The number of methoxy groups -OCH3 is 1. The lowest BCUT2D eigenvalue weighted by molar-refractivity contribution is -0.370. The summed E-state index contributed by atoms with van der Waals surface area (Å²) in [4.78, 5) is 4.94. The second kappa shape index (κ2) is 16.6. The van der Waals surface area contributed by atoms with Gasteiger partial charge in [-0.15, -0.1) is 0 Å². The fourth-order valence-corrected chi connectivity index (χ4v) is 6.62. The van der Waals surface area contributed by atoms with Crippen LogP contribution in [0.3, 0.4) is 0 Å². The Balaban J connectivity index is 1.17. The van der Waals surface area contributed by atoms with Gasteiger partial charge < -0.3 is 74.3 Å². The molecule has 0 amide bonds. The van der Waals surface area contributed by atoms with Crippen LogP contribution in [0.4, 0.5) is 0 Å². The molecule has 0 radical (unpaired) electrons. The van der Waals surface area contributed by atoms with E-state index in [9.17, 15) is 40.9 Å². The molecule has 52 heavy (non-hydrogen) atoms. The number of aromatic amines is 1. The summed E-state index contributed by atoms with van der Waals surface area (Å²) in [5.74, 6) is -0.865. The number of fused-ring (bicyclic) bond motifs is 3. The minimum atomic E-state index is -2.39. The van der Waals surface area contributed by atoms with E-state index in [4.69, 9.17) is 28.4 Å². The third kappa shape index (κ3) is 8.13. The predicted molar refractivity (Wildman–Crippen MR) is 184 cm³/mol. The largest absolute Gasteiger partial charge is 0.493 e. The minimum absolute atomic E-state index is 0.0577. The number of nitrogens with one attached hydrogen (secondary N) is 1. The highest BCUT2D eigenvalue weighted by Crippen LogP contribution is 2.34. The van der Waals surface area contributed by atoms with Crippen molar-refractivity contribution in [3.8, 4) is 17.2 Å². The first-order valence-corrected chi connectivity index (χ1v) is 17.0. The number of benzene rings is 3. The number of H-pyrrole nitrogens is 1. The fourth-order valence-electron chi connectivity index (χ4n) is 6.62. The van der Waals surface area contributed by atoms with Crippen LogP contribution in [-0.2, 0) is 14.2 Å². The molecular formula is C36H46N2O14. The third-order valence-electron chi connectivity index (χ3n) is 9.37. The Labute approximate surface area is 298 Å². The van der Waals surface area contributed by atoms with Crippen LogP contribution in [0.15, 0.2) is 66.7 Å². The Hall–Kier alpha value is -3.62. The van der Waals surface area contributed by atoms with E-state index in [0.717, 1.165) is 21.8 Å². The Morgan fingerprint density at radius 2 is 1.60 bits per heavy atom. The first-order chi connectivity index (χ1) is 25.0. The van der Waals surface area contributed by atoms with Crippen molar-refractivity contribution >= 4 is 21.8 Å². The van der Waals surface area contributed by atoms with E-state index in [-0.39, 0.29) is 26.3 Å². The Kier molecular flexibility index (Phi) is 12.2. The summed E-state index contributed by atoms with van der Waals surface area (Å²) in [7, 11) is 1.51. The molecule has 3 aromatic carbocycles. The molecule has 0 aliphatic carbocycles.